The predicted octanol–water partition coefficient (Wildman–Crippen LogP) is 2.28. The van der Waals surface area contributed by atoms with Crippen molar-refractivity contribution in [3.8, 4) is 0 Å². The van der Waals surface area contributed by atoms with Crippen molar-refractivity contribution in [1.82, 2.24) is 14.8 Å². The van der Waals surface area contributed by atoms with Crippen LogP contribution >= 0.6 is 12.6 Å². The number of benzene rings is 1. The Hall–Kier alpha value is -3.20. The average Bonchev–Trinajstić information content (AvgIpc) is 2.73. The molecule has 1 saturated heterocycles. The number of thiol groups is 1. The van der Waals surface area contributed by atoms with Gasteiger partial charge in [0.05, 0.1) is 9.82 Å². The van der Waals surface area contributed by atoms with Crippen molar-refractivity contribution in [3.63, 3.8) is 0 Å². The van der Waals surface area contributed by atoms with Crippen LogP contribution in [0.15, 0.2) is 54.1 Å². The summed E-state index contributed by atoms with van der Waals surface area (Å²) in [5.74, 6) is -0.488. The Morgan fingerprint density at radius 3 is 2.39 bits per heavy atom. The lowest BCUT2D eigenvalue weighted by molar-refractivity contribution is -0.387. The number of amides is 2. The van der Waals surface area contributed by atoms with E-state index in [0.717, 1.165) is 0 Å². The largest absolute Gasteiger partial charge is 0.335 e. The van der Waals surface area contributed by atoms with Gasteiger partial charge >= 0.3 is 0 Å². The summed E-state index contributed by atoms with van der Waals surface area (Å²) in [6.07, 6.45) is 1.56. The van der Waals surface area contributed by atoms with Gasteiger partial charge in [0.2, 0.25) is 0 Å². The minimum Gasteiger partial charge on any atom is -0.335 e. The molecule has 1 aromatic heterocycles. The molecule has 0 saturated carbocycles. The molecule has 2 heterocycles. The Bertz CT molecular complexity index is 940. The first-order valence-corrected chi connectivity index (χ1v) is 8.99. The second kappa shape index (κ2) is 8.22. The van der Waals surface area contributed by atoms with Crippen molar-refractivity contribution >= 4 is 35.7 Å². The molecule has 0 spiro atoms. The van der Waals surface area contributed by atoms with Gasteiger partial charge in [0.15, 0.2) is 0 Å². The number of nitrogens with zero attached hydrogens (tertiary/aromatic N) is 4. The van der Waals surface area contributed by atoms with E-state index >= 15 is 0 Å². The smallest absolute Gasteiger partial charge is 0.283 e. The molecule has 2 amide bonds. The standard InChI is InChI=1S/C19H18N4O4S/c1-13(14-5-6-17(28)16(12-14)23(26)27)18(24)21-8-10-22(11-9-21)19(25)15-4-2-3-7-20-15/h2-7,12,28H,1,8-11H2. The summed E-state index contributed by atoms with van der Waals surface area (Å²) in [5.41, 5.74) is 0.730. The SMILES string of the molecule is C=C(C(=O)N1CCN(C(=O)c2ccccn2)CC1)c1ccc(S)c([N+](=O)[O-])c1. The lowest BCUT2D eigenvalue weighted by Crippen LogP contribution is -2.50. The van der Waals surface area contributed by atoms with Gasteiger partial charge in [-0.25, -0.2) is 0 Å². The van der Waals surface area contributed by atoms with Gasteiger partial charge < -0.3 is 9.80 Å². The van der Waals surface area contributed by atoms with Gasteiger partial charge in [-0.3, -0.25) is 24.7 Å². The van der Waals surface area contributed by atoms with Crippen molar-refractivity contribution in [3.05, 3.63) is 70.5 Å². The molecule has 0 N–H and O–H groups in total. The first-order chi connectivity index (χ1) is 13.4. The lowest BCUT2D eigenvalue weighted by atomic mass is 10.1. The number of carbonyl (C=O) groups excluding carboxylic acids is 2. The third-order valence-electron chi connectivity index (χ3n) is 4.52. The Labute approximate surface area is 167 Å². The van der Waals surface area contributed by atoms with Crippen LogP contribution in [0.5, 0.6) is 0 Å². The quantitative estimate of drug-likeness (QED) is 0.369. The minimum atomic E-state index is -0.550. The molecule has 1 aromatic carbocycles. The second-order valence-corrected chi connectivity index (χ2v) is 6.72. The molecule has 0 aliphatic carbocycles. The Morgan fingerprint density at radius 1 is 1.11 bits per heavy atom. The molecular weight excluding hydrogens is 380 g/mol. The van der Waals surface area contributed by atoms with Gasteiger partial charge in [-0.2, -0.15) is 0 Å². The molecule has 28 heavy (non-hydrogen) atoms. The average molecular weight is 398 g/mol. The number of hydrogen-bond donors (Lipinski definition) is 1. The summed E-state index contributed by atoms with van der Waals surface area (Å²) >= 11 is 4.06. The van der Waals surface area contributed by atoms with Crippen LogP contribution in [0.1, 0.15) is 16.1 Å². The third-order valence-corrected chi connectivity index (χ3v) is 4.90. The van der Waals surface area contributed by atoms with Gasteiger partial charge in [0.1, 0.15) is 5.69 Å². The van der Waals surface area contributed by atoms with E-state index in [4.69, 9.17) is 0 Å². The van der Waals surface area contributed by atoms with E-state index in [1.807, 2.05) is 0 Å². The van der Waals surface area contributed by atoms with E-state index in [9.17, 15) is 19.7 Å². The first kappa shape index (κ1) is 19.6. The highest BCUT2D eigenvalue weighted by Crippen LogP contribution is 2.27. The molecule has 8 nitrogen and oxygen atoms in total. The number of rotatable bonds is 4. The van der Waals surface area contributed by atoms with Crippen molar-refractivity contribution in [2.45, 2.75) is 4.90 Å². The van der Waals surface area contributed by atoms with Gasteiger partial charge in [-0.15, -0.1) is 12.6 Å². The number of piperazine rings is 1. The monoisotopic (exact) mass is 398 g/mol. The first-order valence-electron chi connectivity index (χ1n) is 8.54. The maximum Gasteiger partial charge on any atom is 0.283 e. The number of carbonyl (C=O) groups is 2. The van der Waals surface area contributed by atoms with Crippen molar-refractivity contribution in [2.75, 3.05) is 26.2 Å². The van der Waals surface area contributed by atoms with Crippen LogP contribution in [0.25, 0.3) is 5.57 Å². The van der Waals surface area contributed by atoms with Crippen molar-refractivity contribution < 1.29 is 14.5 Å². The van der Waals surface area contributed by atoms with E-state index in [1.165, 1.54) is 12.1 Å². The van der Waals surface area contributed by atoms with Crippen molar-refractivity contribution in [2.24, 2.45) is 0 Å². The molecule has 144 valence electrons. The maximum absolute atomic E-state index is 12.7. The fraction of sp³-hybridized carbons (Fsp3) is 0.211. The van der Waals surface area contributed by atoms with E-state index < -0.39 is 4.92 Å². The molecule has 0 radical (unpaired) electrons. The van der Waals surface area contributed by atoms with Crippen LogP contribution in [0.2, 0.25) is 0 Å². The molecule has 0 atom stereocenters. The van der Waals surface area contributed by atoms with Gasteiger partial charge in [-0.1, -0.05) is 18.7 Å². The summed E-state index contributed by atoms with van der Waals surface area (Å²) in [6, 6.07) is 9.49. The zero-order valence-electron chi connectivity index (χ0n) is 14.9. The number of nitro benzene ring substituents is 1. The number of nitro groups is 1. The minimum absolute atomic E-state index is 0.168. The van der Waals surface area contributed by atoms with E-state index in [0.29, 0.717) is 37.4 Å². The second-order valence-electron chi connectivity index (χ2n) is 6.24. The van der Waals surface area contributed by atoms with Crippen LogP contribution in [0.3, 0.4) is 0 Å². The fourth-order valence-electron chi connectivity index (χ4n) is 2.94. The number of pyridine rings is 1. The van der Waals surface area contributed by atoms with E-state index in [2.05, 4.69) is 24.2 Å². The van der Waals surface area contributed by atoms with Gasteiger partial charge in [-0.05, 0) is 23.8 Å². The van der Waals surface area contributed by atoms with Crippen LogP contribution in [0, 0.1) is 10.1 Å². The van der Waals surface area contributed by atoms with Crippen LogP contribution in [-0.4, -0.2) is 57.7 Å². The molecule has 9 heteroatoms. The van der Waals surface area contributed by atoms with Crippen LogP contribution < -0.4 is 0 Å². The summed E-state index contributed by atoms with van der Waals surface area (Å²) in [5, 5.41) is 11.1. The third kappa shape index (κ3) is 4.04. The maximum atomic E-state index is 12.7. The lowest BCUT2D eigenvalue weighted by Gasteiger charge is -2.35. The molecule has 2 aromatic rings. The number of aromatic nitrogens is 1. The van der Waals surface area contributed by atoms with Crippen LogP contribution in [0.4, 0.5) is 5.69 Å². The summed E-state index contributed by atoms with van der Waals surface area (Å²) < 4.78 is 0. The summed E-state index contributed by atoms with van der Waals surface area (Å²) in [7, 11) is 0. The normalized spacial score (nSPS) is 13.9. The van der Waals surface area contributed by atoms with Gasteiger partial charge in [0.25, 0.3) is 17.5 Å². The predicted molar refractivity (Wildman–Crippen MR) is 106 cm³/mol. The molecule has 3 rings (SSSR count). The molecule has 1 fully saturated rings. The highest BCUT2D eigenvalue weighted by atomic mass is 32.1. The van der Waals surface area contributed by atoms with E-state index in [-0.39, 0.29) is 28.0 Å². The van der Waals surface area contributed by atoms with Crippen molar-refractivity contribution in [1.29, 1.82) is 0 Å². The summed E-state index contributed by atoms with van der Waals surface area (Å²) in [4.78, 5) is 43.2. The molecule has 0 bridgehead atoms. The topological polar surface area (TPSA) is 96.7 Å². The highest BCUT2D eigenvalue weighted by Gasteiger charge is 2.27. The zero-order valence-corrected chi connectivity index (χ0v) is 15.8. The molecular formula is C19H18N4O4S. The molecule has 1 aliphatic rings. The highest BCUT2D eigenvalue weighted by molar-refractivity contribution is 7.80. The Balaban J connectivity index is 1.65. The number of hydrogen-bond acceptors (Lipinski definition) is 6. The zero-order chi connectivity index (χ0) is 20.3. The van der Waals surface area contributed by atoms with Gasteiger partial charge in [0, 0.05) is 44.0 Å². The van der Waals surface area contributed by atoms with E-state index in [1.54, 1.807) is 40.3 Å². The summed E-state index contributed by atoms with van der Waals surface area (Å²) in [6.45, 7) is 5.26. The Kier molecular flexibility index (Phi) is 5.74. The fourth-order valence-corrected chi connectivity index (χ4v) is 3.16. The molecule has 1 aliphatic heterocycles. The molecule has 0 unspecified atom stereocenters. The Morgan fingerprint density at radius 2 is 1.79 bits per heavy atom. The van der Waals surface area contributed by atoms with Crippen LogP contribution in [-0.2, 0) is 4.79 Å².